The Balaban J connectivity index is 1.82. The second-order valence-corrected chi connectivity index (χ2v) is 4.97. The van der Waals surface area contributed by atoms with Crippen LogP contribution in [0.5, 0.6) is 0 Å². The maximum absolute atomic E-state index is 12.7. The molecule has 0 radical (unpaired) electrons. The van der Waals surface area contributed by atoms with Gasteiger partial charge in [0.25, 0.3) is 0 Å². The fraction of sp³-hybridized carbons (Fsp3) is 0.500. The third-order valence-corrected chi connectivity index (χ3v) is 3.47. The maximum Gasteiger partial charge on any atom is 0.223 e. The van der Waals surface area contributed by atoms with E-state index in [1.54, 1.807) is 12.1 Å². The van der Waals surface area contributed by atoms with Crippen LogP contribution in [0, 0.1) is 11.7 Å². The Morgan fingerprint density at radius 2 is 2.06 bits per heavy atom. The Morgan fingerprint density at radius 1 is 1.33 bits per heavy atom. The van der Waals surface area contributed by atoms with Crippen LogP contribution in [0.4, 0.5) is 4.39 Å². The Morgan fingerprint density at radius 3 is 2.72 bits per heavy atom. The number of nitrogens with one attached hydrogen (secondary N) is 1. The molecule has 1 aliphatic carbocycles. The summed E-state index contributed by atoms with van der Waals surface area (Å²) in [5, 5.41) is 2.89. The summed E-state index contributed by atoms with van der Waals surface area (Å²) in [5.41, 5.74) is 6.77. The molecule has 1 saturated carbocycles. The summed E-state index contributed by atoms with van der Waals surface area (Å²) >= 11 is 0. The van der Waals surface area contributed by atoms with Gasteiger partial charge in [0.05, 0.1) is 0 Å². The topological polar surface area (TPSA) is 55.1 Å². The van der Waals surface area contributed by atoms with Gasteiger partial charge >= 0.3 is 0 Å². The summed E-state index contributed by atoms with van der Waals surface area (Å²) in [6.07, 6.45) is 3.73. The van der Waals surface area contributed by atoms with Crippen LogP contribution in [0.3, 0.4) is 0 Å². The van der Waals surface area contributed by atoms with E-state index in [0.29, 0.717) is 6.54 Å². The lowest BCUT2D eigenvalue weighted by molar-refractivity contribution is -0.126. The standard InChI is InChI=1S/C14H19FN2O/c15-12-6-4-10(5-7-12)9-17-14(18)11-2-1-3-13(16)8-11/h4-7,11,13H,1-3,8-9,16H2,(H,17,18). The summed E-state index contributed by atoms with van der Waals surface area (Å²) in [7, 11) is 0. The van der Waals surface area contributed by atoms with Crippen LogP contribution in [0.15, 0.2) is 24.3 Å². The minimum atomic E-state index is -0.261. The highest BCUT2D eigenvalue weighted by Gasteiger charge is 2.24. The highest BCUT2D eigenvalue weighted by Crippen LogP contribution is 2.23. The number of amides is 1. The van der Waals surface area contributed by atoms with E-state index in [0.717, 1.165) is 31.2 Å². The van der Waals surface area contributed by atoms with E-state index in [9.17, 15) is 9.18 Å². The molecule has 0 spiro atoms. The number of carbonyl (C=O) groups is 1. The number of hydrogen-bond acceptors (Lipinski definition) is 2. The Hall–Kier alpha value is -1.42. The molecule has 0 bridgehead atoms. The van der Waals surface area contributed by atoms with Crippen molar-refractivity contribution in [1.29, 1.82) is 0 Å². The molecule has 1 aromatic rings. The van der Waals surface area contributed by atoms with Gasteiger partial charge in [0.15, 0.2) is 0 Å². The van der Waals surface area contributed by atoms with Crippen molar-refractivity contribution in [3.05, 3.63) is 35.6 Å². The molecule has 3 N–H and O–H groups in total. The molecule has 1 aliphatic rings. The molecule has 1 fully saturated rings. The maximum atomic E-state index is 12.7. The third kappa shape index (κ3) is 3.53. The van der Waals surface area contributed by atoms with Crippen LogP contribution in [0.2, 0.25) is 0 Å². The van der Waals surface area contributed by atoms with Crippen molar-refractivity contribution in [2.24, 2.45) is 11.7 Å². The largest absolute Gasteiger partial charge is 0.352 e. The monoisotopic (exact) mass is 250 g/mol. The minimum Gasteiger partial charge on any atom is -0.352 e. The molecule has 0 saturated heterocycles. The highest BCUT2D eigenvalue weighted by atomic mass is 19.1. The molecule has 1 aromatic carbocycles. The van der Waals surface area contributed by atoms with Crippen molar-refractivity contribution < 1.29 is 9.18 Å². The van der Waals surface area contributed by atoms with Gasteiger partial charge < -0.3 is 11.1 Å². The summed E-state index contributed by atoms with van der Waals surface area (Å²) in [4.78, 5) is 11.9. The van der Waals surface area contributed by atoms with Crippen LogP contribution in [-0.4, -0.2) is 11.9 Å². The molecular formula is C14H19FN2O. The second-order valence-electron chi connectivity index (χ2n) is 4.97. The molecule has 2 unspecified atom stereocenters. The lowest BCUT2D eigenvalue weighted by atomic mass is 9.85. The first kappa shape index (κ1) is 13.0. The van der Waals surface area contributed by atoms with Crippen molar-refractivity contribution in [3.8, 4) is 0 Å². The number of carbonyl (C=O) groups excluding carboxylic acids is 1. The minimum absolute atomic E-state index is 0.0363. The van der Waals surface area contributed by atoms with Gasteiger partial charge in [-0.05, 0) is 37.0 Å². The van der Waals surface area contributed by atoms with Gasteiger partial charge in [-0.2, -0.15) is 0 Å². The smallest absolute Gasteiger partial charge is 0.223 e. The van der Waals surface area contributed by atoms with Gasteiger partial charge in [0.2, 0.25) is 5.91 Å². The summed E-state index contributed by atoms with van der Waals surface area (Å²) in [6, 6.07) is 6.32. The van der Waals surface area contributed by atoms with Gasteiger partial charge in [-0.25, -0.2) is 4.39 Å². The first-order chi connectivity index (χ1) is 8.65. The van der Waals surface area contributed by atoms with Gasteiger partial charge in [-0.15, -0.1) is 0 Å². The number of hydrogen-bond donors (Lipinski definition) is 2. The molecule has 4 heteroatoms. The Labute approximate surface area is 107 Å². The Bertz CT molecular complexity index is 405. The molecule has 2 atom stereocenters. The van der Waals surface area contributed by atoms with E-state index in [2.05, 4.69) is 5.32 Å². The molecular weight excluding hydrogens is 231 g/mol. The molecule has 98 valence electrons. The number of benzene rings is 1. The first-order valence-electron chi connectivity index (χ1n) is 6.43. The lowest BCUT2D eigenvalue weighted by Gasteiger charge is -2.25. The predicted molar refractivity (Wildman–Crippen MR) is 68.2 cm³/mol. The lowest BCUT2D eigenvalue weighted by Crippen LogP contribution is -2.37. The number of nitrogens with two attached hydrogens (primary N) is 1. The predicted octanol–water partition coefficient (Wildman–Crippen LogP) is 1.96. The Kier molecular flexibility index (Phi) is 4.31. The molecule has 18 heavy (non-hydrogen) atoms. The zero-order valence-electron chi connectivity index (χ0n) is 10.4. The van der Waals surface area contributed by atoms with E-state index >= 15 is 0 Å². The van der Waals surface area contributed by atoms with E-state index < -0.39 is 0 Å². The SMILES string of the molecule is NC1CCCC(C(=O)NCc2ccc(F)cc2)C1. The van der Waals surface area contributed by atoms with Crippen molar-refractivity contribution in [2.45, 2.75) is 38.3 Å². The van der Waals surface area contributed by atoms with Gasteiger partial charge in [0, 0.05) is 18.5 Å². The highest BCUT2D eigenvalue weighted by molar-refractivity contribution is 5.78. The van der Waals surface area contributed by atoms with Crippen molar-refractivity contribution >= 4 is 5.91 Å². The van der Waals surface area contributed by atoms with Crippen LogP contribution >= 0.6 is 0 Å². The second kappa shape index (κ2) is 5.96. The van der Waals surface area contributed by atoms with E-state index in [-0.39, 0.29) is 23.7 Å². The third-order valence-electron chi connectivity index (χ3n) is 3.47. The van der Waals surface area contributed by atoms with E-state index in [1.165, 1.54) is 12.1 Å². The summed E-state index contributed by atoms with van der Waals surface area (Å²) in [5.74, 6) is -0.160. The molecule has 0 heterocycles. The quantitative estimate of drug-likeness (QED) is 0.861. The summed E-state index contributed by atoms with van der Waals surface area (Å²) in [6.45, 7) is 0.449. The fourth-order valence-electron chi connectivity index (χ4n) is 2.40. The molecule has 0 aromatic heterocycles. The fourth-order valence-corrected chi connectivity index (χ4v) is 2.40. The van der Waals surface area contributed by atoms with Crippen molar-refractivity contribution in [3.63, 3.8) is 0 Å². The normalized spacial score (nSPS) is 23.7. The molecule has 1 amide bonds. The van der Waals surface area contributed by atoms with Crippen LogP contribution in [-0.2, 0) is 11.3 Å². The van der Waals surface area contributed by atoms with Gasteiger partial charge in [0.1, 0.15) is 5.82 Å². The average molecular weight is 250 g/mol. The average Bonchev–Trinajstić information content (AvgIpc) is 2.38. The van der Waals surface area contributed by atoms with Crippen molar-refractivity contribution in [2.75, 3.05) is 0 Å². The number of halogens is 1. The zero-order valence-corrected chi connectivity index (χ0v) is 10.4. The molecule has 2 rings (SSSR count). The van der Waals surface area contributed by atoms with E-state index in [4.69, 9.17) is 5.73 Å². The number of rotatable bonds is 3. The van der Waals surface area contributed by atoms with Crippen LogP contribution in [0.25, 0.3) is 0 Å². The first-order valence-corrected chi connectivity index (χ1v) is 6.43. The summed E-state index contributed by atoms with van der Waals surface area (Å²) < 4.78 is 12.7. The molecule has 0 aliphatic heterocycles. The van der Waals surface area contributed by atoms with E-state index in [1.807, 2.05) is 0 Å². The molecule has 3 nitrogen and oxygen atoms in total. The zero-order chi connectivity index (χ0) is 13.0. The van der Waals surface area contributed by atoms with Crippen LogP contribution < -0.4 is 11.1 Å². The van der Waals surface area contributed by atoms with Gasteiger partial charge in [-0.1, -0.05) is 18.6 Å². The van der Waals surface area contributed by atoms with Crippen molar-refractivity contribution in [1.82, 2.24) is 5.32 Å². The van der Waals surface area contributed by atoms with Crippen LogP contribution in [0.1, 0.15) is 31.2 Å². The van der Waals surface area contributed by atoms with Gasteiger partial charge in [-0.3, -0.25) is 4.79 Å².